The Morgan fingerprint density at radius 3 is 3.00 bits per heavy atom. The Kier molecular flexibility index (Phi) is 3.18. The Morgan fingerprint density at radius 2 is 2.33 bits per heavy atom. The molecule has 10 nitrogen and oxygen atoms in total. The average Bonchev–Trinajstić information content (AvgIpc) is 3.05. The zero-order valence-corrected chi connectivity index (χ0v) is 11.5. The number of aliphatic imine (C=N–C) groups is 3. The molecule has 0 radical (unpaired) electrons. The number of nitrogens with two attached hydrogens (primary N) is 1. The highest BCUT2D eigenvalue weighted by Crippen LogP contribution is 2.37. The topological polar surface area (TPSA) is 155 Å². The van der Waals surface area contributed by atoms with Gasteiger partial charge in [-0.25, -0.2) is 15.0 Å². The summed E-state index contributed by atoms with van der Waals surface area (Å²) >= 11 is 0. The summed E-state index contributed by atoms with van der Waals surface area (Å²) in [6, 6.07) is 3.37. The molecule has 0 saturated heterocycles. The summed E-state index contributed by atoms with van der Waals surface area (Å²) in [5, 5.41) is 2.69. The van der Waals surface area contributed by atoms with Crippen molar-refractivity contribution in [1.29, 1.82) is 0 Å². The van der Waals surface area contributed by atoms with Gasteiger partial charge in [-0.3, -0.25) is 4.57 Å². The number of hydrogen-bond donors (Lipinski definition) is 4. The molecule has 2 unspecified atom stereocenters. The minimum Gasteiger partial charge on any atom is -0.465 e. The summed E-state index contributed by atoms with van der Waals surface area (Å²) in [4.78, 5) is 30.2. The maximum absolute atomic E-state index is 11.0. The lowest BCUT2D eigenvalue weighted by Gasteiger charge is -2.32. The fourth-order valence-corrected chi connectivity index (χ4v) is 2.31. The van der Waals surface area contributed by atoms with Crippen LogP contribution in [0.5, 0.6) is 0 Å². The minimum absolute atomic E-state index is 0.0418. The first-order valence-corrected chi connectivity index (χ1v) is 7.65. The lowest BCUT2D eigenvalue weighted by atomic mass is 10.1. The molecule has 1 aromatic rings. The zero-order valence-electron chi connectivity index (χ0n) is 10.6. The first-order valence-electron chi connectivity index (χ1n) is 5.85. The fraction of sp³-hybridized carbons (Fsp3) is 0.300. The van der Waals surface area contributed by atoms with Crippen molar-refractivity contribution in [3.8, 4) is 0 Å². The molecule has 3 rings (SSSR count). The Bertz CT molecular complexity index is 678. The highest BCUT2D eigenvalue weighted by atomic mass is 31.2. The van der Waals surface area contributed by atoms with Crippen LogP contribution in [0.3, 0.4) is 0 Å². The molecule has 3 heterocycles. The van der Waals surface area contributed by atoms with Crippen molar-refractivity contribution in [2.45, 2.75) is 11.9 Å². The van der Waals surface area contributed by atoms with Crippen LogP contribution in [0.25, 0.3) is 0 Å². The number of nitrogens with zero attached hydrogens (tertiary/aromatic N) is 3. The molecule has 5 N–H and O–H groups in total. The van der Waals surface area contributed by atoms with Gasteiger partial charge in [-0.1, -0.05) is 0 Å². The van der Waals surface area contributed by atoms with Crippen LogP contribution in [0.4, 0.5) is 0 Å². The van der Waals surface area contributed by atoms with Crippen molar-refractivity contribution < 1.29 is 23.5 Å². The lowest BCUT2D eigenvalue weighted by molar-refractivity contribution is 0.0681. The van der Waals surface area contributed by atoms with E-state index in [0.717, 1.165) is 0 Å². The SMILES string of the molecule is NC1=NC(c2ccco2)N=C2N=CNC12OCP(=O)(O)O. The van der Waals surface area contributed by atoms with Crippen molar-refractivity contribution in [3.05, 3.63) is 24.2 Å². The number of furan rings is 1. The van der Waals surface area contributed by atoms with E-state index in [9.17, 15) is 4.57 Å². The van der Waals surface area contributed by atoms with E-state index in [1.807, 2.05) is 0 Å². The molecule has 21 heavy (non-hydrogen) atoms. The second-order valence-electron chi connectivity index (χ2n) is 4.38. The Morgan fingerprint density at radius 1 is 1.52 bits per heavy atom. The van der Waals surface area contributed by atoms with E-state index in [-0.39, 0.29) is 11.7 Å². The normalized spacial score (nSPS) is 27.8. The second-order valence-corrected chi connectivity index (χ2v) is 5.97. The largest absolute Gasteiger partial charge is 0.465 e. The predicted molar refractivity (Wildman–Crippen MR) is 72.9 cm³/mol. The molecule has 112 valence electrons. The third-order valence-electron chi connectivity index (χ3n) is 2.88. The first-order chi connectivity index (χ1) is 9.91. The second kappa shape index (κ2) is 4.78. The third-order valence-corrected chi connectivity index (χ3v) is 3.35. The van der Waals surface area contributed by atoms with Gasteiger partial charge >= 0.3 is 7.60 Å². The van der Waals surface area contributed by atoms with Crippen LogP contribution < -0.4 is 11.1 Å². The first kappa shape index (κ1) is 14.0. The summed E-state index contributed by atoms with van der Waals surface area (Å²) < 4.78 is 21.4. The smallest absolute Gasteiger partial charge is 0.351 e. The molecule has 1 aromatic heterocycles. The van der Waals surface area contributed by atoms with Crippen LogP contribution >= 0.6 is 7.60 Å². The van der Waals surface area contributed by atoms with Crippen molar-refractivity contribution in [2.75, 3.05) is 6.35 Å². The van der Waals surface area contributed by atoms with Gasteiger partial charge in [-0.05, 0) is 12.1 Å². The van der Waals surface area contributed by atoms with Crippen LogP contribution in [-0.2, 0) is 9.30 Å². The number of amidine groups is 2. The van der Waals surface area contributed by atoms with Gasteiger partial charge in [-0.2, -0.15) is 0 Å². The summed E-state index contributed by atoms with van der Waals surface area (Å²) in [5.74, 6) is 0.556. The van der Waals surface area contributed by atoms with Gasteiger partial charge in [0.2, 0.25) is 6.17 Å². The monoisotopic (exact) mass is 313 g/mol. The van der Waals surface area contributed by atoms with Crippen LogP contribution in [0.1, 0.15) is 11.9 Å². The molecular formula is C10H12N5O5P. The summed E-state index contributed by atoms with van der Waals surface area (Å²) in [5.41, 5.74) is 4.34. The highest BCUT2D eigenvalue weighted by molar-refractivity contribution is 7.51. The number of fused-ring (bicyclic) bond motifs is 1. The van der Waals surface area contributed by atoms with Crippen LogP contribution in [0.2, 0.25) is 0 Å². The van der Waals surface area contributed by atoms with Gasteiger partial charge in [0.25, 0.3) is 5.72 Å². The summed E-state index contributed by atoms with van der Waals surface area (Å²) in [7, 11) is -4.38. The number of ether oxygens (including phenoxy) is 1. The quantitative estimate of drug-likeness (QED) is 0.547. The van der Waals surface area contributed by atoms with Crippen molar-refractivity contribution >= 4 is 25.6 Å². The van der Waals surface area contributed by atoms with Crippen LogP contribution in [0, 0.1) is 0 Å². The maximum atomic E-state index is 11.0. The number of nitrogens with one attached hydrogen (secondary N) is 1. The molecule has 0 bridgehead atoms. The van der Waals surface area contributed by atoms with Gasteiger partial charge in [0.1, 0.15) is 0 Å². The van der Waals surface area contributed by atoms with Gasteiger partial charge in [0.15, 0.2) is 23.8 Å². The standard InChI is InChI=1S/C10H12N5O5P/c11-8-10(20-5-21(16,17)18)9(12-4-13-10)15-7(14-8)6-2-1-3-19-6/h1-4,7H,5H2,(H2,11,14)(H,12,13,15)(H2,16,17,18). The van der Waals surface area contributed by atoms with Crippen LogP contribution in [-0.4, -0.2) is 39.9 Å². The van der Waals surface area contributed by atoms with Gasteiger partial charge in [0.05, 0.1) is 12.6 Å². The minimum atomic E-state index is -4.38. The van der Waals surface area contributed by atoms with E-state index in [1.54, 1.807) is 12.1 Å². The van der Waals surface area contributed by atoms with E-state index in [4.69, 9.17) is 24.7 Å². The molecule has 0 aromatic carbocycles. The van der Waals surface area contributed by atoms with E-state index in [2.05, 4.69) is 20.3 Å². The van der Waals surface area contributed by atoms with Crippen molar-refractivity contribution in [3.63, 3.8) is 0 Å². The van der Waals surface area contributed by atoms with Crippen molar-refractivity contribution in [1.82, 2.24) is 5.32 Å². The van der Waals surface area contributed by atoms with Crippen LogP contribution in [0.15, 0.2) is 37.8 Å². The van der Waals surface area contributed by atoms with E-state index in [0.29, 0.717) is 5.76 Å². The Labute approximate surface area is 118 Å². The molecular weight excluding hydrogens is 301 g/mol. The predicted octanol–water partition coefficient (Wildman–Crippen LogP) is -0.473. The van der Waals surface area contributed by atoms with Gasteiger partial charge < -0.3 is 30.0 Å². The molecule has 2 aliphatic heterocycles. The van der Waals surface area contributed by atoms with Gasteiger partial charge in [-0.15, -0.1) is 0 Å². The summed E-state index contributed by atoms with van der Waals surface area (Å²) in [6.45, 7) is 0. The highest BCUT2D eigenvalue weighted by Gasteiger charge is 2.48. The summed E-state index contributed by atoms with van der Waals surface area (Å²) in [6.07, 6.45) is 1.21. The molecule has 0 aliphatic carbocycles. The van der Waals surface area contributed by atoms with E-state index >= 15 is 0 Å². The van der Waals surface area contributed by atoms with Crippen molar-refractivity contribution in [2.24, 2.45) is 20.7 Å². The molecule has 0 spiro atoms. The van der Waals surface area contributed by atoms with E-state index < -0.39 is 25.8 Å². The zero-order chi connectivity index (χ0) is 15.1. The maximum Gasteiger partial charge on any atom is 0.351 e. The lowest BCUT2D eigenvalue weighted by Crippen LogP contribution is -2.60. The fourth-order valence-electron chi connectivity index (χ4n) is 1.95. The Hall–Kier alpha value is -2.00. The molecule has 0 saturated carbocycles. The average molecular weight is 313 g/mol. The van der Waals surface area contributed by atoms with Gasteiger partial charge in [0, 0.05) is 0 Å². The number of rotatable bonds is 4. The third kappa shape index (κ3) is 2.49. The molecule has 2 aliphatic rings. The molecule has 0 fully saturated rings. The van der Waals surface area contributed by atoms with E-state index in [1.165, 1.54) is 12.6 Å². The molecule has 2 atom stereocenters. The Balaban J connectivity index is 1.91. The number of hydrogen-bond acceptors (Lipinski definition) is 8. The molecule has 0 amide bonds. The molecule has 11 heteroatoms.